The molecule has 1 aromatic rings. The van der Waals surface area contributed by atoms with Gasteiger partial charge in [0.15, 0.2) is 0 Å². The Morgan fingerprint density at radius 1 is 1.62 bits per heavy atom. The fourth-order valence-corrected chi connectivity index (χ4v) is 1.36. The lowest BCUT2D eigenvalue weighted by Gasteiger charge is -2.03. The SMILES string of the molecule is CCn1ncnc1CNCCCBr. The third kappa shape index (κ3) is 3.44. The Labute approximate surface area is 86.9 Å². The minimum absolute atomic E-state index is 0.806. The highest BCUT2D eigenvalue weighted by molar-refractivity contribution is 9.09. The fourth-order valence-electron chi connectivity index (χ4n) is 1.08. The van der Waals surface area contributed by atoms with E-state index in [4.69, 9.17) is 0 Å². The monoisotopic (exact) mass is 246 g/mol. The molecule has 0 saturated heterocycles. The van der Waals surface area contributed by atoms with Crippen LogP contribution < -0.4 is 5.32 Å². The molecular formula is C8H15BrN4. The summed E-state index contributed by atoms with van der Waals surface area (Å²) in [5.41, 5.74) is 0. The van der Waals surface area contributed by atoms with E-state index in [-0.39, 0.29) is 0 Å². The van der Waals surface area contributed by atoms with E-state index in [0.717, 1.165) is 37.2 Å². The second kappa shape index (κ2) is 6.10. The molecule has 4 nitrogen and oxygen atoms in total. The zero-order chi connectivity index (χ0) is 9.52. The number of nitrogens with zero attached hydrogens (tertiary/aromatic N) is 3. The van der Waals surface area contributed by atoms with Gasteiger partial charge in [-0.3, -0.25) is 0 Å². The molecule has 1 aromatic heterocycles. The van der Waals surface area contributed by atoms with Gasteiger partial charge in [0.1, 0.15) is 12.2 Å². The van der Waals surface area contributed by atoms with E-state index < -0.39 is 0 Å². The maximum Gasteiger partial charge on any atom is 0.140 e. The van der Waals surface area contributed by atoms with Crippen LogP contribution in [0.3, 0.4) is 0 Å². The zero-order valence-corrected chi connectivity index (χ0v) is 9.42. The van der Waals surface area contributed by atoms with Crippen molar-refractivity contribution in [1.82, 2.24) is 20.1 Å². The van der Waals surface area contributed by atoms with Crippen molar-refractivity contribution >= 4 is 15.9 Å². The largest absolute Gasteiger partial charge is 0.310 e. The van der Waals surface area contributed by atoms with Crippen molar-refractivity contribution in [1.29, 1.82) is 0 Å². The summed E-state index contributed by atoms with van der Waals surface area (Å²) >= 11 is 3.38. The van der Waals surface area contributed by atoms with Gasteiger partial charge in [-0.15, -0.1) is 0 Å². The number of rotatable bonds is 6. The molecule has 0 aliphatic carbocycles. The van der Waals surface area contributed by atoms with Gasteiger partial charge in [0.2, 0.25) is 0 Å². The fraction of sp³-hybridized carbons (Fsp3) is 0.750. The van der Waals surface area contributed by atoms with Gasteiger partial charge in [0.25, 0.3) is 0 Å². The Hall–Kier alpha value is -0.420. The first-order valence-electron chi connectivity index (χ1n) is 4.51. The van der Waals surface area contributed by atoms with E-state index >= 15 is 0 Å². The minimum Gasteiger partial charge on any atom is -0.310 e. The summed E-state index contributed by atoms with van der Waals surface area (Å²) in [6.07, 6.45) is 2.74. The summed E-state index contributed by atoms with van der Waals surface area (Å²) in [7, 11) is 0. The first-order chi connectivity index (χ1) is 6.38. The molecule has 13 heavy (non-hydrogen) atoms. The van der Waals surface area contributed by atoms with Crippen LogP contribution in [-0.2, 0) is 13.1 Å². The van der Waals surface area contributed by atoms with Crippen molar-refractivity contribution in [2.45, 2.75) is 26.4 Å². The van der Waals surface area contributed by atoms with Crippen molar-refractivity contribution in [3.8, 4) is 0 Å². The summed E-state index contributed by atoms with van der Waals surface area (Å²) in [5, 5.41) is 8.44. The number of alkyl halides is 1. The summed E-state index contributed by atoms with van der Waals surface area (Å²) in [6, 6.07) is 0. The van der Waals surface area contributed by atoms with E-state index in [1.807, 2.05) is 4.68 Å². The molecule has 0 radical (unpaired) electrons. The summed E-state index contributed by atoms with van der Waals surface area (Å²) in [6.45, 7) is 4.77. The topological polar surface area (TPSA) is 42.7 Å². The lowest BCUT2D eigenvalue weighted by Crippen LogP contribution is -2.18. The van der Waals surface area contributed by atoms with E-state index in [1.165, 1.54) is 0 Å². The van der Waals surface area contributed by atoms with Crippen molar-refractivity contribution in [3.05, 3.63) is 12.2 Å². The molecule has 0 spiro atoms. The second-order valence-corrected chi connectivity index (χ2v) is 3.50. The third-order valence-electron chi connectivity index (χ3n) is 1.77. The van der Waals surface area contributed by atoms with Crippen LogP contribution >= 0.6 is 15.9 Å². The Balaban J connectivity index is 2.27. The smallest absolute Gasteiger partial charge is 0.140 e. The molecule has 0 amide bonds. The van der Waals surface area contributed by atoms with Crippen LogP contribution in [0.5, 0.6) is 0 Å². The molecule has 5 heteroatoms. The number of hydrogen-bond acceptors (Lipinski definition) is 3. The van der Waals surface area contributed by atoms with Gasteiger partial charge in [0.05, 0.1) is 6.54 Å². The molecule has 0 unspecified atom stereocenters. The van der Waals surface area contributed by atoms with E-state index in [2.05, 4.69) is 38.3 Å². The van der Waals surface area contributed by atoms with Crippen LogP contribution in [0.25, 0.3) is 0 Å². The molecule has 0 atom stereocenters. The predicted octanol–water partition coefficient (Wildman–Crippen LogP) is 1.17. The first-order valence-corrected chi connectivity index (χ1v) is 5.64. The zero-order valence-electron chi connectivity index (χ0n) is 7.83. The summed E-state index contributed by atoms with van der Waals surface area (Å²) < 4.78 is 1.90. The van der Waals surface area contributed by atoms with Crippen LogP contribution in [0.2, 0.25) is 0 Å². The van der Waals surface area contributed by atoms with Crippen molar-refractivity contribution in [2.75, 3.05) is 11.9 Å². The Morgan fingerprint density at radius 2 is 2.46 bits per heavy atom. The molecule has 0 bridgehead atoms. The van der Waals surface area contributed by atoms with Crippen LogP contribution in [0, 0.1) is 0 Å². The molecule has 1 heterocycles. The van der Waals surface area contributed by atoms with Crippen LogP contribution in [0.1, 0.15) is 19.2 Å². The average molecular weight is 247 g/mol. The average Bonchev–Trinajstić information content (AvgIpc) is 2.60. The molecule has 0 aliphatic rings. The number of nitrogens with one attached hydrogen (secondary N) is 1. The van der Waals surface area contributed by atoms with Gasteiger partial charge in [0, 0.05) is 11.9 Å². The minimum atomic E-state index is 0.806. The number of aromatic nitrogens is 3. The summed E-state index contributed by atoms with van der Waals surface area (Å²) in [5.74, 6) is 1.01. The number of aryl methyl sites for hydroxylation is 1. The summed E-state index contributed by atoms with van der Waals surface area (Å²) in [4.78, 5) is 4.16. The van der Waals surface area contributed by atoms with Crippen molar-refractivity contribution < 1.29 is 0 Å². The van der Waals surface area contributed by atoms with Gasteiger partial charge in [-0.05, 0) is 19.9 Å². The molecule has 1 N–H and O–H groups in total. The Bertz CT molecular complexity index is 236. The highest BCUT2D eigenvalue weighted by Crippen LogP contribution is 1.93. The second-order valence-electron chi connectivity index (χ2n) is 2.71. The molecule has 1 rings (SSSR count). The van der Waals surface area contributed by atoms with Crippen molar-refractivity contribution in [2.24, 2.45) is 0 Å². The normalized spacial score (nSPS) is 10.6. The van der Waals surface area contributed by atoms with Crippen LogP contribution in [0.4, 0.5) is 0 Å². The standard InChI is InChI=1S/C8H15BrN4/c1-2-13-8(11-7-12-13)6-10-5-3-4-9/h7,10H,2-6H2,1H3. The number of halogens is 1. The molecule has 0 saturated carbocycles. The van der Waals surface area contributed by atoms with Gasteiger partial charge < -0.3 is 5.32 Å². The molecule has 0 fully saturated rings. The molecule has 0 aromatic carbocycles. The number of hydrogen-bond donors (Lipinski definition) is 1. The van der Waals surface area contributed by atoms with Gasteiger partial charge in [-0.1, -0.05) is 15.9 Å². The van der Waals surface area contributed by atoms with Gasteiger partial charge in [-0.2, -0.15) is 5.10 Å². The highest BCUT2D eigenvalue weighted by atomic mass is 79.9. The molecule has 74 valence electrons. The van der Waals surface area contributed by atoms with E-state index in [0.29, 0.717) is 0 Å². The lowest BCUT2D eigenvalue weighted by molar-refractivity contribution is 0.571. The maximum absolute atomic E-state index is 4.16. The van der Waals surface area contributed by atoms with Gasteiger partial charge in [-0.25, -0.2) is 9.67 Å². The third-order valence-corrected chi connectivity index (χ3v) is 2.33. The maximum atomic E-state index is 4.16. The van der Waals surface area contributed by atoms with Crippen LogP contribution in [-0.4, -0.2) is 26.6 Å². The predicted molar refractivity (Wildman–Crippen MR) is 55.8 cm³/mol. The van der Waals surface area contributed by atoms with E-state index in [1.54, 1.807) is 6.33 Å². The van der Waals surface area contributed by atoms with Crippen molar-refractivity contribution in [3.63, 3.8) is 0 Å². The lowest BCUT2D eigenvalue weighted by atomic mass is 10.4. The Morgan fingerprint density at radius 3 is 3.15 bits per heavy atom. The molecular weight excluding hydrogens is 232 g/mol. The molecule has 0 aliphatic heterocycles. The van der Waals surface area contributed by atoms with Crippen LogP contribution in [0.15, 0.2) is 6.33 Å². The first kappa shape index (κ1) is 10.7. The Kier molecular flexibility index (Phi) is 5.00. The quantitative estimate of drug-likeness (QED) is 0.606. The highest BCUT2D eigenvalue weighted by Gasteiger charge is 2.00. The van der Waals surface area contributed by atoms with E-state index in [9.17, 15) is 0 Å². The van der Waals surface area contributed by atoms with Gasteiger partial charge >= 0.3 is 0 Å².